The maximum atomic E-state index is 5.69. The highest BCUT2D eigenvalue weighted by molar-refractivity contribution is 7.16. The Morgan fingerprint density at radius 1 is 1.44 bits per heavy atom. The number of aromatic nitrogens is 2. The summed E-state index contributed by atoms with van der Waals surface area (Å²) >= 11 is 2.71. The monoisotopic (exact) mass is 284 g/mol. The average molecular weight is 284 g/mol. The zero-order valence-electron chi connectivity index (χ0n) is 9.58. The summed E-state index contributed by atoms with van der Waals surface area (Å²) in [6.45, 7) is 0.444. The number of aliphatic imine (C=N–C) groups is 1. The molecular weight excluding hydrogens is 272 g/mol. The van der Waals surface area contributed by atoms with Crippen molar-refractivity contribution in [2.75, 3.05) is 12.8 Å². The number of rotatable bonds is 4. The lowest BCUT2D eigenvalue weighted by Crippen LogP contribution is -2.21. The Kier molecular flexibility index (Phi) is 3.75. The van der Waals surface area contributed by atoms with Crippen LogP contribution in [0.1, 0.15) is 4.88 Å². The van der Waals surface area contributed by atoms with Crippen LogP contribution in [0.25, 0.3) is 11.4 Å². The molecule has 0 atom stereocenters. The lowest BCUT2D eigenvalue weighted by molar-refractivity contribution is 0.188. The van der Waals surface area contributed by atoms with Gasteiger partial charge in [0.05, 0.1) is 11.5 Å². The van der Waals surface area contributed by atoms with Gasteiger partial charge in [-0.1, -0.05) is 11.3 Å². The number of anilines is 1. The van der Waals surface area contributed by atoms with Gasteiger partial charge in [0.15, 0.2) is 11.1 Å². The zero-order valence-corrected chi connectivity index (χ0v) is 11.2. The minimum Gasteiger partial charge on any atom is -0.379 e. The third-order valence-corrected chi connectivity index (χ3v) is 3.54. The second-order valence-corrected chi connectivity index (χ2v) is 5.26. The molecule has 2 aromatic heterocycles. The number of hydrogen-bond donors (Lipinski definition) is 3. The molecule has 7 nitrogen and oxygen atoms in total. The van der Waals surface area contributed by atoms with E-state index in [1.165, 1.54) is 22.7 Å². The van der Waals surface area contributed by atoms with Crippen molar-refractivity contribution in [1.29, 1.82) is 0 Å². The first-order chi connectivity index (χ1) is 8.60. The van der Waals surface area contributed by atoms with E-state index in [1.54, 1.807) is 7.11 Å². The molecule has 0 aliphatic carbocycles. The molecule has 0 aliphatic heterocycles. The molecule has 0 saturated heterocycles. The van der Waals surface area contributed by atoms with Crippen molar-refractivity contribution >= 4 is 38.9 Å². The van der Waals surface area contributed by atoms with Crippen molar-refractivity contribution in [2.24, 2.45) is 16.5 Å². The van der Waals surface area contributed by atoms with Crippen LogP contribution in [0.3, 0.4) is 0 Å². The van der Waals surface area contributed by atoms with Crippen LogP contribution in [-0.2, 0) is 11.3 Å². The first-order valence-electron chi connectivity index (χ1n) is 4.89. The number of nitrogen functional groups attached to an aromatic ring is 1. The van der Waals surface area contributed by atoms with E-state index in [4.69, 9.17) is 21.9 Å². The number of guanidine groups is 1. The lowest BCUT2D eigenvalue weighted by atomic mass is 10.3. The Bertz CT molecular complexity index is 571. The Morgan fingerprint density at radius 2 is 2.22 bits per heavy atom. The smallest absolute Gasteiger partial charge is 0.212 e. The molecule has 2 heterocycles. The summed E-state index contributed by atoms with van der Waals surface area (Å²) in [7, 11) is 1.62. The van der Waals surface area contributed by atoms with Gasteiger partial charge >= 0.3 is 0 Å². The lowest BCUT2D eigenvalue weighted by Gasteiger charge is -1.96. The second kappa shape index (κ2) is 5.29. The molecule has 9 heteroatoms. The zero-order chi connectivity index (χ0) is 13.1. The van der Waals surface area contributed by atoms with E-state index in [2.05, 4.69) is 15.0 Å². The maximum absolute atomic E-state index is 5.69. The molecule has 0 amide bonds. The quantitative estimate of drug-likeness (QED) is 0.565. The van der Waals surface area contributed by atoms with Gasteiger partial charge < -0.3 is 21.9 Å². The van der Waals surface area contributed by atoms with Gasteiger partial charge in [0.25, 0.3) is 0 Å². The van der Waals surface area contributed by atoms with Crippen LogP contribution in [0.5, 0.6) is 0 Å². The summed E-state index contributed by atoms with van der Waals surface area (Å²) < 4.78 is 5.10. The first kappa shape index (κ1) is 12.7. The van der Waals surface area contributed by atoms with Gasteiger partial charge in [0, 0.05) is 12.5 Å². The summed E-state index contributed by atoms with van der Waals surface area (Å²) in [5.41, 5.74) is 17.7. The van der Waals surface area contributed by atoms with Crippen LogP contribution < -0.4 is 17.2 Å². The fourth-order valence-electron chi connectivity index (χ4n) is 1.33. The molecule has 2 aromatic rings. The van der Waals surface area contributed by atoms with Crippen LogP contribution in [0.15, 0.2) is 10.4 Å². The van der Waals surface area contributed by atoms with E-state index >= 15 is 0 Å². The highest BCUT2D eigenvalue weighted by atomic mass is 32.1. The molecule has 0 bridgehead atoms. The molecule has 0 radical (unpaired) electrons. The molecule has 0 fully saturated rings. The number of nitrogens with zero attached hydrogens (tertiary/aromatic N) is 3. The van der Waals surface area contributed by atoms with Crippen LogP contribution >= 0.6 is 22.7 Å². The van der Waals surface area contributed by atoms with Crippen molar-refractivity contribution in [3.05, 3.63) is 10.3 Å². The molecule has 0 aromatic carbocycles. The van der Waals surface area contributed by atoms with E-state index in [0.717, 1.165) is 4.88 Å². The number of nitrogens with two attached hydrogens (primary N) is 3. The molecule has 6 N–H and O–H groups in total. The van der Waals surface area contributed by atoms with Gasteiger partial charge in [-0.2, -0.15) is 4.99 Å². The second-order valence-electron chi connectivity index (χ2n) is 3.31. The third kappa shape index (κ3) is 2.75. The van der Waals surface area contributed by atoms with Crippen LogP contribution in [0.4, 0.5) is 10.3 Å². The fraction of sp³-hybridized carbons (Fsp3) is 0.222. The minimum absolute atomic E-state index is 0.0224. The standard InChI is InChI=1S/C9H12N6OS2/c1-16-2-5-6(14-8(12)18-5)4-3-17-9(13-4)15-7(10)11/h3H,2H2,1H3,(H2,12,14)(H4,10,11,13,15). The average Bonchev–Trinajstić information content (AvgIpc) is 2.85. The fourth-order valence-corrected chi connectivity index (χ4v) is 2.84. The normalized spacial score (nSPS) is 10.5. The first-order valence-corrected chi connectivity index (χ1v) is 6.59. The summed E-state index contributed by atoms with van der Waals surface area (Å²) in [5, 5.41) is 2.79. The van der Waals surface area contributed by atoms with E-state index in [9.17, 15) is 0 Å². The Balaban J connectivity index is 2.36. The molecule has 0 aliphatic rings. The Labute approximate surface area is 111 Å². The van der Waals surface area contributed by atoms with Gasteiger partial charge in [-0.3, -0.25) is 0 Å². The van der Waals surface area contributed by atoms with Gasteiger partial charge in [-0.05, 0) is 0 Å². The van der Waals surface area contributed by atoms with Gasteiger partial charge in [-0.15, -0.1) is 11.3 Å². The molecule has 0 spiro atoms. The van der Waals surface area contributed by atoms with E-state index in [0.29, 0.717) is 28.3 Å². The number of ether oxygens (including phenoxy) is 1. The molecule has 96 valence electrons. The molecule has 2 rings (SSSR count). The summed E-state index contributed by atoms with van der Waals surface area (Å²) in [4.78, 5) is 13.3. The van der Waals surface area contributed by atoms with Crippen LogP contribution in [0, 0.1) is 0 Å². The maximum Gasteiger partial charge on any atom is 0.212 e. The van der Waals surface area contributed by atoms with Crippen molar-refractivity contribution < 1.29 is 4.74 Å². The van der Waals surface area contributed by atoms with E-state index < -0.39 is 0 Å². The topological polar surface area (TPSA) is 125 Å². The van der Waals surface area contributed by atoms with E-state index in [1.807, 2.05) is 5.38 Å². The van der Waals surface area contributed by atoms with Gasteiger partial charge in [0.1, 0.15) is 11.4 Å². The van der Waals surface area contributed by atoms with Crippen molar-refractivity contribution in [1.82, 2.24) is 9.97 Å². The third-order valence-electron chi connectivity index (χ3n) is 1.95. The molecule has 18 heavy (non-hydrogen) atoms. The number of methoxy groups -OCH3 is 1. The van der Waals surface area contributed by atoms with Crippen molar-refractivity contribution in [3.8, 4) is 11.4 Å². The molecule has 0 saturated carbocycles. The SMILES string of the molecule is COCc1sc(N)nc1-c1csc(N=C(N)N)n1. The van der Waals surface area contributed by atoms with E-state index in [-0.39, 0.29) is 5.96 Å². The van der Waals surface area contributed by atoms with Crippen LogP contribution in [-0.4, -0.2) is 23.0 Å². The van der Waals surface area contributed by atoms with Crippen molar-refractivity contribution in [2.45, 2.75) is 6.61 Å². The Morgan fingerprint density at radius 3 is 2.89 bits per heavy atom. The Hall–Kier alpha value is -1.71. The summed E-state index contributed by atoms with van der Waals surface area (Å²) in [6.07, 6.45) is 0. The predicted octanol–water partition coefficient (Wildman–Crippen LogP) is 0.900. The number of thiazole rings is 2. The predicted molar refractivity (Wildman–Crippen MR) is 73.8 cm³/mol. The molecule has 0 unspecified atom stereocenters. The van der Waals surface area contributed by atoms with Gasteiger partial charge in [0.2, 0.25) is 5.13 Å². The summed E-state index contributed by atoms with van der Waals surface area (Å²) in [5.74, 6) is -0.0224. The van der Waals surface area contributed by atoms with Crippen LogP contribution in [0.2, 0.25) is 0 Å². The highest BCUT2D eigenvalue weighted by Gasteiger charge is 2.14. The summed E-state index contributed by atoms with van der Waals surface area (Å²) in [6, 6.07) is 0. The van der Waals surface area contributed by atoms with Crippen molar-refractivity contribution in [3.63, 3.8) is 0 Å². The minimum atomic E-state index is -0.0224. The largest absolute Gasteiger partial charge is 0.379 e. The van der Waals surface area contributed by atoms with Gasteiger partial charge in [-0.25, -0.2) is 9.97 Å². The number of hydrogen-bond acceptors (Lipinski definition) is 7. The molecular formula is C9H12N6OS2. The highest BCUT2D eigenvalue weighted by Crippen LogP contribution is 2.32.